The first-order valence-electron chi connectivity index (χ1n) is 10.6. The number of nitrogens with one attached hydrogen (secondary N) is 1. The van der Waals surface area contributed by atoms with E-state index in [1.165, 1.54) is 15.9 Å². The van der Waals surface area contributed by atoms with Crippen LogP contribution in [0.2, 0.25) is 0 Å². The van der Waals surface area contributed by atoms with Crippen molar-refractivity contribution in [3.8, 4) is 5.88 Å². The number of likely N-dealkylation sites (N-methyl/N-ethyl adjacent to an activating group) is 1. The summed E-state index contributed by atoms with van der Waals surface area (Å²) in [6.07, 6.45) is 3.11. The standard InChI is InChI=1S/C21H28F2N4O4/c1-26(2)20(29)19(31-10-14-5-6-14)25-17(28)15-7-8-16(27-11-21(22,23)12-27)18(24-15)30-9-13-3-4-13/h7-8,13-14,19H,3-6,9-12H2,1-2H3,(H,25,28). The fourth-order valence-corrected chi connectivity index (χ4v) is 3.19. The number of hydrogen-bond acceptors (Lipinski definition) is 6. The summed E-state index contributed by atoms with van der Waals surface area (Å²) >= 11 is 0. The molecule has 0 spiro atoms. The molecule has 2 saturated carbocycles. The third kappa shape index (κ3) is 5.61. The number of hydrogen-bond donors (Lipinski definition) is 1. The molecule has 1 unspecified atom stereocenters. The molecule has 10 heteroatoms. The summed E-state index contributed by atoms with van der Waals surface area (Å²) in [5.74, 6) is -2.69. The Balaban J connectivity index is 1.47. The maximum absolute atomic E-state index is 13.3. The van der Waals surface area contributed by atoms with Crippen LogP contribution in [0.15, 0.2) is 12.1 Å². The second kappa shape index (κ2) is 8.57. The number of anilines is 1. The topological polar surface area (TPSA) is 84.0 Å². The Hall–Kier alpha value is -2.49. The van der Waals surface area contributed by atoms with Gasteiger partial charge in [-0.3, -0.25) is 9.59 Å². The highest BCUT2D eigenvalue weighted by Gasteiger charge is 2.45. The van der Waals surface area contributed by atoms with Gasteiger partial charge in [0, 0.05) is 14.1 Å². The number of rotatable bonds is 10. The molecule has 1 atom stereocenters. The molecule has 1 aromatic rings. The van der Waals surface area contributed by atoms with Crippen LogP contribution < -0.4 is 15.0 Å². The van der Waals surface area contributed by atoms with Crippen molar-refractivity contribution >= 4 is 17.5 Å². The molecule has 3 fully saturated rings. The lowest BCUT2D eigenvalue weighted by Crippen LogP contribution is -2.56. The van der Waals surface area contributed by atoms with E-state index < -0.39 is 31.1 Å². The highest BCUT2D eigenvalue weighted by molar-refractivity contribution is 5.96. The Labute approximate surface area is 179 Å². The van der Waals surface area contributed by atoms with Gasteiger partial charge < -0.3 is 24.6 Å². The first kappa shape index (κ1) is 21.7. The number of carbonyl (C=O) groups is 2. The van der Waals surface area contributed by atoms with E-state index in [1.54, 1.807) is 20.2 Å². The Morgan fingerprint density at radius 1 is 1.19 bits per heavy atom. The molecule has 1 aromatic heterocycles. The second-order valence-corrected chi connectivity index (χ2v) is 8.85. The number of ether oxygens (including phenoxy) is 2. The van der Waals surface area contributed by atoms with Gasteiger partial charge in [0.1, 0.15) is 11.4 Å². The molecule has 0 radical (unpaired) electrons. The lowest BCUT2D eigenvalue weighted by Gasteiger charge is -2.40. The molecule has 4 rings (SSSR count). The van der Waals surface area contributed by atoms with Crippen LogP contribution >= 0.6 is 0 Å². The molecule has 170 valence electrons. The van der Waals surface area contributed by atoms with E-state index in [2.05, 4.69) is 10.3 Å². The summed E-state index contributed by atoms with van der Waals surface area (Å²) in [5.41, 5.74) is 0.474. The smallest absolute Gasteiger partial charge is 0.282 e. The van der Waals surface area contributed by atoms with Crippen molar-refractivity contribution in [1.82, 2.24) is 15.2 Å². The molecule has 1 aliphatic heterocycles. The molecule has 31 heavy (non-hydrogen) atoms. The Bertz CT molecular complexity index is 835. The van der Waals surface area contributed by atoms with Crippen molar-refractivity contribution in [3.05, 3.63) is 17.8 Å². The first-order chi connectivity index (χ1) is 14.7. The monoisotopic (exact) mass is 438 g/mol. The van der Waals surface area contributed by atoms with Gasteiger partial charge >= 0.3 is 0 Å². The zero-order valence-electron chi connectivity index (χ0n) is 17.8. The average molecular weight is 438 g/mol. The molecule has 2 heterocycles. The van der Waals surface area contributed by atoms with Crippen molar-refractivity contribution in [2.24, 2.45) is 11.8 Å². The van der Waals surface area contributed by atoms with Crippen LogP contribution in [-0.4, -0.2) is 74.2 Å². The predicted molar refractivity (Wildman–Crippen MR) is 108 cm³/mol. The molecule has 1 N–H and O–H groups in total. The molecule has 8 nitrogen and oxygen atoms in total. The van der Waals surface area contributed by atoms with Gasteiger partial charge in [0.25, 0.3) is 17.7 Å². The normalized spacial score (nSPS) is 20.6. The van der Waals surface area contributed by atoms with Gasteiger partial charge in [0.2, 0.25) is 12.1 Å². The number of carbonyl (C=O) groups excluding carboxylic acids is 2. The van der Waals surface area contributed by atoms with E-state index in [1.807, 2.05) is 0 Å². The van der Waals surface area contributed by atoms with Crippen LogP contribution in [0.1, 0.15) is 36.2 Å². The molecule has 1 saturated heterocycles. The Morgan fingerprint density at radius 2 is 1.84 bits per heavy atom. The number of halogens is 2. The summed E-state index contributed by atoms with van der Waals surface area (Å²) in [6, 6.07) is 3.01. The van der Waals surface area contributed by atoms with E-state index in [9.17, 15) is 18.4 Å². The second-order valence-electron chi connectivity index (χ2n) is 8.85. The quantitative estimate of drug-likeness (QED) is 0.562. The minimum Gasteiger partial charge on any atom is -0.476 e. The van der Waals surface area contributed by atoms with Crippen molar-refractivity contribution in [1.29, 1.82) is 0 Å². The van der Waals surface area contributed by atoms with Gasteiger partial charge in [-0.1, -0.05) is 0 Å². The van der Waals surface area contributed by atoms with Gasteiger partial charge in [-0.05, 0) is 49.7 Å². The molecular weight excluding hydrogens is 410 g/mol. The molecule has 0 bridgehead atoms. The Kier molecular flexibility index (Phi) is 6.00. The van der Waals surface area contributed by atoms with E-state index in [0.717, 1.165) is 25.7 Å². The summed E-state index contributed by atoms with van der Waals surface area (Å²) in [6.45, 7) is 0.0141. The molecule has 2 amide bonds. The highest BCUT2D eigenvalue weighted by Crippen LogP contribution is 2.38. The van der Waals surface area contributed by atoms with Crippen LogP contribution in [0.4, 0.5) is 14.5 Å². The van der Waals surface area contributed by atoms with Crippen molar-refractivity contribution in [2.45, 2.75) is 37.8 Å². The summed E-state index contributed by atoms with van der Waals surface area (Å²) < 4.78 is 38.1. The molecule has 3 aliphatic rings. The number of nitrogens with zero attached hydrogens (tertiary/aromatic N) is 3. The third-order valence-electron chi connectivity index (χ3n) is 5.53. The zero-order valence-corrected chi connectivity index (χ0v) is 17.8. The van der Waals surface area contributed by atoms with Crippen LogP contribution in [0.3, 0.4) is 0 Å². The summed E-state index contributed by atoms with van der Waals surface area (Å²) in [4.78, 5) is 32.3. The van der Waals surface area contributed by atoms with Crippen molar-refractivity contribution in [2.75, 3.05) is 45.3 Å². The number of amides is 2. The molecule has 0 aromatic carbocycles. The van der Waals surface area contributed by atoms with E-state index in [-0.39, 0.29) is 17.5 Å². The van der Waals surface area contributed by atoms with Crippen LogP contribution in [0, 0.1) is 11.8 Å². The minimum atomic E-state index is -2.73. The van der Waals surface area contributed by atoms with Gasteiger partial charge in [0.05, 0.1) is 26.3 Å². The van der Waals surface area contributed by atoms with Gasteiger partial charge in [-0.2, -0.15) is 0 Å². The maximum Gasteiger partial charge on any atom is 0.282 e. The van der Waals surface area contributed by atoms with Gasteiger partial charge in [-0.25, -0.2) is 13.8 Å². The van der Waals surface area contributed by atoms with Crippen LogP contribution in [0.25, 0.3) is 0 Å². The number of aromatic nitrogens is 1. The van der Waals surface area contributed by atoms with E-state index in [0.29, 0.717) is 30.7 Å². The summed E-state index contributed by atoms with van der Waals surface area (Å²) in [7, 11) is 3.17. The van der Waals surface area contributed by atoms with Gasteiger partial charge in [-0.15, -0.1) is 0 Å². The fourth-order valence-electron chi connectivity index (χ4n) is 3.19. The lowest BCUT2D eigenvalue weighted by atomic mass is 10.1. The summed E-state index contributed by atoms with van der Waals surface area (Å²) in [5, 5.41) is 2.59. The zero-order chi connectivity index (χ0) is 22.2. The van der Waals surface area contributed by atoms with Crippen LogP contribution in [-0.2, 0) is 9.53 Å². The fraction of sp³-hybridized carbons (Fsp3) is 0.667. The molecule has 2 aliphatic carbocycles. The highest BCUT2D eigenvalue weighted by atomic mass is 19.3. The van der Waals surface area contributed by atoms with E-state index >= 15 is 0 Å². The van der Waals surface area contributed by atoms with Crippen molar-refractivity contribution in [3.63, 3.8) is 0 Å². The first-order valence-corrected chi connectivity index (χ1v) is 10.6. The average Bonchev–Trinajstić information content (AvgIpc) is 3.61. The SMILES string of the molecule is CN(C)C(=O)C(NC(=O)c1ccc(N2CC(F)(F)C2)c(OCC2CC2)n1)OCC1CC1. The van der Waals surface area contributed by atoms with Crippen molar-refractivity contribution < 1.29 is 27.8 Å². The van der Waals surface area contributed by atoms with E-state index in [4.69, 9.17) is 9.47 Å². The number of pyridine rings is 1. The predicted octanol–water partition coefficient (Wildman–Crippen LogP) is 1.90. The minimum absolute atomic E-state index is 0.0356. The molecular formula is C21H28F2N4O4. The third-order valence-corrected chi connectivity index (χ3v) is 5.53. The Morgan fingerprint density at radius 3 is 2.42 bits per heavy atom. The van der Waals surface area contributed by atoms with Gasteiger partial charge in [0.15, 0.2) is 0 Å². The lowest BCUT2D eigenvalue weighted by molar-refractivity contribution is -0.143. The number of alkyl halides is 2. The maximum atomic E-state index is 13.3. The van der Waals surface area contributed by atoms with Crippen LogP contribution in [0.5, 0.6) is 5.88 Å². The largest absolute Gasteiger partial charge is 0.476 e.